The molecule has 1 fully saturated rings. The quantitative estimate of drug-likeness (QED) is 0.937. The van der Waals surface area contributed by atoms with Crippen LogP contribution in [0.2, 0.25) is 5.02 Å². The number of aromatic nitrogens is 2. The highest BCUT2D eigenvalue weighted by molar-refractivity contribution is 6.30. The molecule has 1 aliphatic heterocycles. The minimum atomic E-state index is 0.176. The van der Waals surface area contributed by atoms with Crippen LogP contribution in [0.25, 0.3) is 11.4 Å². The van der Waals surface area contributed by atoms with Gasteiger partial charge in [-0.3, -0.25) is 4.90 Å². The van der Waals surface area contributed by atoms with Crippen LogP contribution in [0, 0.1) is 0 Å². The van der Waals surface area contributed by atoms with Crippen molar-refractivity contribution in [3.8, 4) is 11.4 Å². The molecular weight excluding hydrogens is 278 g/mol. The van der Waals surface area contributed by atoms with Crippen molar-refractivity contribution in [2.24, 2.45) is 0 Å². The lowest BCUT2D eigenvalue weighted by Crippen LogP contribution is -2.31. The number of hydrogen-bond acceptors (Lipinski definition) is 5. The highest BCUT2D eigenvalue weighted by Gasteiger charge is 2.25. The van der Waals surface area contributed by atoms with Crippen molar-refractivity contribution in [1.29, 1.82) is 0 Å². The fourth-order valence-corrected chi connectivity index (χ4v) is 2.74. The van der Waals surface area contributed by atoms with E-state index in [1.54, 1.807) is 0 Å². The summed E-state index contributed by atoms with van der Waals surface area (Å²) in [5, 5.41) is 13.9. The highest BCUT2D eigenvalue weighted by Crippen LogP contribution is 2.22. The number of halogens is 1. The van der Waals surface area contributed by atoms with Gasteiger partial charge in [0.25, 0.3) is 0 Å². The summed E-state index contributed by atoms with van der Waals surface area (Å²) < 4.78 is 5.29. The summed E-state index contributed by atoms with van der Waals surface area (Å²) in [5.41, 5.74) is 0.840. The van der Waals surface area contributed by atoms with Crippen LogP contribution in [-0.2, 0) is 6.54 Å². The summed E-state index contributed by atoms with van der Waals surface area (Å²) in [4.78, 5) is 6.57. The van der Waals surface area contributed by atoms with Crippen molar-refractivity contribution in [2.45, 2.75) is 25.4 Å². The molecule has 1 aromatic heterocycles. The third-order valence-corrected chi connectivity index (χ3v) is 3.83. The molecular formula is C14H16ClN3O2. The molecule has 0 bridgehead atoms. The molecule has 106 valence electrons. The second kappa shape index (κ2) is 5.91. The average Bonchev–Trinajstić information content (AvgIpc) is 3.08. The van der Waals surface area contributed by atoms with Crippen LogP contribution in [0.1, 0.15) is 18.7 Å². The molecule has 5 nitrogen and oxygen atoms in total. The maximum Gasteiger partial charge on any atom is 0.241 e. The molecule has 3 rings (SSSR count). The van der Waals surface area contributed by atoms with Crippen molar-refractivity contribution < 1.29 is 9.63 Å². The lowest BCUT2D eigenvalue weighted by atomic mass is 10.2. The van der Waals surface area contributed by atoms with E-state index in [4.69, 9.17) is 16.1 Å². The molecule has 20 heavy (non-hydrogen) atoms. The van der Waals surface area contributed by atoms with Gasteiger partial charge in [-0.05, 0) is 31.5 Å². The summed E-state index contributed by atoms with van der Waals surface area (Å²) in [6, 6.07) is 7.57. The Kier molecular flexibility index (Phi) is 4.00. The van der Waals surface area contributed by atoms with Gasteiger partial charge in [0, 0.05) is 16.6 Å². The summed E-state index contributed by atoms with van der Waals surface area (Å²) >= 11 is 5.95. The molecule has 6 heteroatoms. The van der Waals surface area contributed by atoms with E-state index in [0.29, 0.717) is 23.3 Å². The number of benzene rings is 1. The van der Waals surface area contributed by atoms with Crippen LogP contribution >= 0.6 is 11.6 Å². The monoisotopic (exact) mass is 293 g/mol. The largest absolute Gasteiger partial charge is 0.395 e. The van der Waals surface area contributed by atoms with E-state index in [2.05, 4.69) is 15.0 Å². The van der Waals surface area contributed by atoms with Crippen molar-refractivity contribution >= 4 is 11.6 Å². The molecule has 1 saturated heterocycles. The third kappa shape index (κ3) is 2.85. The molecule has 0 amide bonds. The maximum absolute atomic E-state index is 9.31. The Labute approximate surface area is 122 Å². The van der Waals surface area contributed by atoms with Gasteiger partial charge >= 0.3 is 0 Å². The molecule has 1 unspecified atom stereocenters. The second-order valence-electron chi connectivity index (χ2n) is 4.97. The van der Waals surface area contributed by atoms with E-state index in [-0.39, 0.29) is 12.6 Å². The number of aliphatic hydroxyl groups is 1. The van der Waals surface area contributed by atoms with Crippen molar-refractivity contribution in [3.63, 3.8) is 0 Å². The van der Waals surface area contributed by atoms with Crippen LogP contribution in [0.4, 0.5) is 0 Å². The Hall–Kier alpha value is -1.43. The Bertz CT molecular complexity index is 587. The fraction of sp³-hybridized carbons (Fsp3) is 0.429. The summed E-state index contributed by atoms with van der Waals surface area (Å²) in [7, 11) is 0. The zero-order chi connectivity index (χ0) is 13.9. The molecule has 0 saturated carbocycles. The zero-order valence-electron chi connectivity index (χ0n) is 11.0. The molecule has 1 aromatic carbocycles. The van der Waals surface area contributed by atoms with E-state index in [1.807, 2.05) is 24.3 Å². The van der Waals surface area contributed by atoms with Gasteiger partial charge in [-0.2, -0.15) is 4.98 Å². The first-order valence-corrected chi connectivity index (χ1v) is 7.07. The van der Waals surface area contributed by atoms with Crippen molar-refractivity contribution in [1.82, 2.24) is 15.0 Å². The van der Waals surface area contributed by atoms with Crippen molar-refractivity contribution in [3.05, 3.63) is 35.2 Å². The van der Waals surface area contributed by atoms with Gasteiger partial charge in [-0.15, -0.1) is 0 Å². The highest BCUT2D eigenvalue weighted by atomic mass is 35.5. The Balaban J connectivity index is 1.74. The Morgan fingerprint density at radius 2 is 2.35 bits per heavy atom. The van der Waals surface area contributed by atoms with Gasteiger partial charge in [0.2, 0.25) is 11.7 Å². The van der Waals surface area contributed by atoms with E-state index in [0.717, 1.165) is 24.9 Å². The van der Waals surface area contributed by atoms with Crippen molar-refractivity contribution in [2.75, 3.05) is 13.2 Å². The topological polar surface area (TPSA) is 62.4 Å². The molecule has 0 radical (unpaired) electrons. The van der Waals surface area contributed by atoms with E-state index in [9.17, 15) is 5.11 Å². The summed E-state index contributed by atoms with van der Waals surface area (Å²) in [5.74, 6) is 1.11. The van der Waals surface area contributed by atoms with Gasteiger partial charge in [-0.25, -0.2) is 0 Å². The standard InChI is InChI=1S/C14H16ClN3O2/c15-11-4-1-3-10(7-11)14-16-13(20-17-14)8-18-6-2-5-12(18)9-19/h1,3-4,7,12,19H,2,5-6,8-9H2. The lowest BCUT2D eigenvalue weighted by Gasteiger charge is -2.20. The van der Waals surface area contributed by atoms with Crippen LogP contribution in [0.5, 0.6) is 0 Å². The summed E-state index contributed by atoms with van der Waals surface area (Å²) in [6.45, 7) is 1.72. The Morgan fingerprint density at radius 1 is 1.45 bits per heavy atom. The average molecular weight is 294 g/mol. The smallest absolute Gasteiger partial charge is 0.241 e. The number of aliphatic hydroxyl groups excluding tert-OH is 1. The molecule has 1 aliphatic rings. The van der Waals surface area contributed by atoms with E-state index < -0.39 is 0 Å². The SMILES string of the molecule is OCC1CCCN1Cc1nc(-c2cccc(Cl)c2)no1. The molecule has 2 aromatic rings. The first-order chi connectivity index (χ1) is 9.76. The number of nitrogens with zero attached hydrogens (tertiary/aromatic N) is 3. The lowest BCUT2D eigenvalue weighted by molar-refractivity contribution is 0.141. The molecule has 0 spiro atoms. The fourth-order valence-electron chi connectivity index (χ4n) is 2.55. The van der Waals surface area contributed by atoms with Gasteiger partial charge < -0.3 is 9.63 Å². The minimum absolute atomic E-state index is 0.176. The van der Waals surface area contributed by atoms with Gasteiger partial charge in [0.15, 0.2) is 0 Å². The second-order valence-corrected chi connectivity index (χ2v) is 5.41. The first kappa shape index (κ1) is 13.5. The summed E-state index contributed by atoms with van der Waals surface area (Å²) in [6.07, 6.45) is 2.12. The molecule has 0 aliphatic carbocycles. The Morgan fingerprint density at radius 3 is 3.15 bits per heavy atom. The van der Waals surface area contributed by atoms with E-state index in [1.165, 1.54) is 0 Å². The van der Waals surface area contributed by atoms with Gasteiger partial charge in [0.05, 0.1) is 13.2 Å². The normalized spacial score (nSPS) is 19.6. The number of hydrogen-bond donors (Lipinski definition) is 1. The van der Waals surface area contributed by atoms with E-state index >= 15 is 0 Å². The molecule has 1 N–H and O–H groups in total. The van der Waals surface area contributed by atoms with Crippen LogP contribution in [-0.4, -0.2) is 39.3 Å². The van der Waals surface area contributed by atoms with Gasteiger partial charge in [-0.1, -0.05) is 28.9 Å². The predicted octanol–water partition coefficient (Wildman–Crippen LogP) is 2.35. The maximum atomic E-state index is 9.31. The molecule has 2 heterocycles. The van der Waals surface area contributed by atoms with Gasteiger partial charge in [0.1, 0.15) is 0 Å². The van der Waals surface area contributed by atoms with Crippen LogP contribution in [0.15, 0.2) is 28.8 Å². The number of rotatable bonds is 4. The first-order valence-electron chi connectivity index (χ1n) is 6.69. The zero-order valence-corrected chi connectivity index (χ0v) is 11.8. The molecule has 1 atom stereocenters. The van der Waals surface area contributed by atoms with Crippen LogP contribution in [0.3, 0.4) is 0 Å². The third-order valence-electron chi connectivity index (χ3n) is 3.60. The number of likely N-dealkylation sites (tertiary alicyclic amines) is 1. The minimum Gasteiger partial charge on any atom is -0.395 e. The predicted molar refractivity (Wildman–Crippen MR) is 75.3 cm³/mol. The van der Waals surface area contributed by atoms with Crippen LogP contribution < -0.4 is 0 Å².